The van der Waals surface area contributed by atoms with Crippen LogP contribution < -0.4 is 5.32 Å². The molecule has 0 aliphatic carbocycles. The van der Waals surface area contributed by atoms with Crippen molar-refractivity contribution in [2.45, 2.75) is 30.9 Å². The van der Waals surface area contributed by atoms with E-state index >= 15 is 0 Å². The number of thiophene rings is 1. The summed E-state index contributed by atoms with van der Waals surface area (Å²) < 4.78 is 26.8. The fourth-order valence-corrected chi connectivity index (χ4v) is 5.24. The van der Waals surface area contributed by atoms with Gasteiger partial charge in [-0.3, -0.25) is 4.79 Å². The van der Waals surface area contributed by atoms with E-state index in [2.05, 4.69) is 5.32 Å². The molecule has 1 aromatic rings. The number of nitrogens with zero attached hydrogens (tertiary/aromatic N) is 1. The molecule has 1 aromatic heterocycles. The number of carbonyl (C=O) groups excluding carboxylic acids is 1. The first kappa shape index (κ1) is 15.5. The first-order valence-electron chi connectivity index (χ1n) is 6.85. The number of hydrogen-bond donors (Lipinski definition) is 1. The van der Waals surface area contributed by atoms with Gasteiger partial charge in [-0.1, -0.05) is 6.92 Å². The second kappa shape index (κ2) is 6.24. The molecule has 20 heavy (non-hydrogen) atoms. The van der Waals surface area contributed by atoms with Gasteiger partial charge in [0.1, 0.15) is 4.21 Å². The standard InChI is InChI=1S/C13H20N2O3S2/c1-3-11-5-6-12(19-11)20(17,18)15-8-7-10(9-15)13(16)14-4-2/h5-6,10H,3-4,7-9H2,1-2H3,(H,14,16). The lowest BCUT2D eigenvalue weighted by Crippen LogP contribution is -2.34. The smallest absolute Gasteiger partial charge is 0.252 e. The summed E-state index contributed by atoms with van der Waals surface area (Å²) in [5, 5.41) is 2.75. The third-order valence-electron chi connectivity index (χ3n) is 3.45. The maximum absolute atomic E-state index is 12.5. The summed E-state index contributed by atoms with van der Waals surface area (Å²) >= 11 is 1.32. The lowest BCUT2D eigenvalue weighted by atomic mass is 10.1. The predicted molar refractivity (Wildman–Crippen MR) is 79.2 cm³/mol. The van der Waals surface area contributed by atoms with Crippen molar-refractivity contribution in [3.05, 3.63) is 17.0 Å². The van der Waals surface area contributed by atoms with Gasteiger partial charge in [0.15, 0.2) is 0 Å². The Labute approximate surface area is 124 Å². The highest BCUT2D eigenvalue weighted by atomic mass is 32.2. The number of hydrogen-bond acceptors (Lipinski definition) is 4. The molecule has 0 saturated carbocycles. The molecule has 1 N–H and O–H groups in total. The van der Waals surface area contributed by atoms with Crippen LogP contribution >= 0.6 is 11.3 Å². The Morgan fingerprint density at radius 2 is 2.20 bits per heavy atom. The summed E-state index contributed by atoms with van der Waals surface area (Å²) in [6.45, 7) is 5.15. The van der Waals surface area contributed by atoms with Gasteiger partial charge in [0.2, 0.25) is 5.91 Å². The van der Waals surface area contributed by atoms with Crippen molar-refractivity contribution in [2.24, 2.45) is 5.92 Å². The molecule has 1 unspecified atom stereocenters. The van der Waals surface area contributed by atoms with Crippen LogP contribution in [0.25, 0.3) is 0 Å². The molecule has 0 spiro atoms. The van der Waals surface area contributed by atoms with Gasteiger partial charge in [-0.25, -0.2) is 8.42 Å². The Balaban J connectivity index is 2.10. The van der Waals surface area contributed by atoms with Crippen LogP contribution in [-0.2, 0) is 21.2 Å². The van der Waals surface area contributed by atoms with Gasteiger partial charge in [-0.2, -0.15) is 4.31 Å². The largest absolute Gasteiger partial charge is 0.356 e. The molecule has 1 atom stereocenters. The Bertz CT molecular complexity index is 580. The van der Waals surface area contributed by atoms with Crippen LogP contribution in [0.3, 0.4) is 0 Å². The second-order valence-electron chi connectivity index (χ2n) is 4.82. The monoisotopic (exact) mass is 316 g/mol. The second-order valence-corrected chi connectivity index (χ2v) is 8.15. The fourth-order valence-electron chi connectivity index (χ4n) is 2.29. The van der Waals surface area contributed by atoms with E-state index in [0.717, 1.165) is 11.3 Å². The average Bonchev–Trinajstić information content (AvgIpc) is 3.08. The number of nitrogens with one attached hydrogen (secondary N) is 1. The minimum Gasteiger partial charge on any atom is -0.356 e. The first-order valence-corrected chi connectivity index (χ1v) is 9.11. The molecular weight excluding hydrogens is 296 g/mol. The zero-order valence-corrected chi connectivity index (χ0v) is 13.4. The molecule has 0 bridgehead atoms. The van der Waals surface area contributed by atoms with E-state index in [0.29, 0.717) is 23.7 Å². The zero-order chi connectivity index (χ0) is 14.8. The third-order valence-corrected chi connectivity index (χ3v) is 7.01. The summed E-state index contributed by atoms with van der Waals surface area (Å²) in [5.41, 5.74) is 0. The minimum atomic E-state index is -3.44. The average molecular weight is 316 g/mol. The van der Waals surface area contributed by atoms with Crippen LogP contribution in [0, 0.1) is 5.92 Å². The van der Waals surface area contributed by atoms with Crippen LogP contribution in [0.5, 0.6) is 0 Å². The van der Waals surface area contributed by atoms with E-state index in [-0.39, 0.29) is 18.4 Å². The summed E-state index contributed by atoms with van der Waals surface area (Å²) in [7, 11) is -3.44. The van der Waals surface area contributed by atoms with Crippen molar-refractivity contribution in [2.75, 3.05) is 19.6 Å². The van der Waals surface area contributed by atoms with Crippen molar-refractivity contribution in [1.29, 1.82) is 0 Å². The molecular formula is C13H20N2O3S2. The highest BCUT2D eigenvalue weighted by Crippen LogP contribution is 2.29. The third kappa shape index (κ3) is 3.05. The van der Waals surface area contributed by atoms with Gasteiger partial charge in [0.05, 0.1) is 5.92 Å². The van der Waals surface area contributed by atoms with Crippen LogP contribution in [0.2, 0.25) is 0 Å². The number of rotatable bonds is 5. The summed E-state index contributed by atoms with van der Waals surface area (Å²) in [5.74, 6) is -0.277. The van der Waals surface area contributed by atoms with E-state index in [9.17, 15) is 13.2 Å². The van der Waals surface area contributed by atoms with Crippen LogP contribution in [0.4, 0.5) is 0 Å². The van der Waals surface area contributed by atoms with Gasteiger partial charge in [0.25, 0.3) is 10.0 Å². The number of carbonyl (C=O) groups is 1. The summed E-state index contributed by atoms with van der Waals surface area (Å²) in [4.78, 5) is 12.8. The van der Waals surface area contributed by atoms with Gasteiger partial charge >= 0.3 is 0 Å². The van der Waals surface area contributed by atoms with E-state index in [4.69, 9.17) is 0 Å². The van der Waals surface area contributed by atoms with Gasteiger partial charge < -0.3 is 5.32 Å². The molecule has 5 nitrogen and oxygen atoms in total. The lowest BCUT2D eigenvalue weighted by Gasteiger charge is -2.15. The van der Waals surface area contributed by atoms with Gasteiger partial charge in [0, 0.05) is 24.5 Å². The highest BCUT2D eigenvalue weighted by Gasteiger charge is 2.36. The molecule has 1 saturated heterocycles. The van der Waals surface area contributed by atoms with Crippen LogP contribution in [-0.4, -0.2) is 38.3 Å². The maximum Gasteiger partial charge on any atom is 0.252 e. The zero-order valence-electron chi connectivity index (χ0n) is 11.8. The number of aryl methyl sites for hydroxylation is 1. The molecule has 0 radical (unpaired) electrons. The molecule has 0 aromatic carbocycles. The van der Waals surface area contributed by atoms with Crippen LogP contribution in [0.1, 0.15) is 25.1 Å². The van der Waals surface area contributed by atoms with E-state index in [1.807, 2.05) is 19.9 Å². The molecule has 1 fully saturated rings. The van der Waals surface area contributed by atoms with Crippen molar-refractivity contribution in [3.63, 3.8) is 0 Å². The first-order chi connectivity index (χ1) is 9.48. The summed E-state index contributed by atoms with van der Waals surface area (Å²) in [6, 6.07) is 3.52. The van der Waals surface area contributed by atoms with E-state index in [1.54, 1.807) is 6.07 Å². The van der Waals surface area contributed by atoms with Crippen molar-refractivity contribution >= 4 is 27.3 Å². The van der Waals surface area contributed by atoms with Crippen LogP contribution in [0.15, 0.2) is 16.3 Å². The highest BCUT2D eigenvalue weighted by molar-refractivity contribution is 7.91. The van der Waals surface area contributed by atoms with E-state index < -0.39 is 10.0 Å². The SMILES string of the molecule is CCNC(=O)C1CCN(S(=O)(=O)c2ccc(CC)s2)C1. The Morgan fingerprint density at radius 3 is 2.80 bits per heavy atom. The van der Waals surface area contributed by atoms with Gasteiger partial charge in [-0.05, 0) is 31.9 Å². The Morgan fingerprint density at radius 1 is 1.45 bits per heavy atom. The molecule has 1 aliphatic heterocycles. The Kier molecular flexibility index (Phi) is 4.82. The molecule has 1 amide bonds. The van der Waals surface area contributed by atoms with Crippen molar-refractivity contribution in [3.8, 4) is 0 Å². The quantitative estimate of drug-likeness (QED) is 0.894. The topological polar surface area (TPSA) is 66.5 Å². The van der Waals surface area contributed by atoms with Crippen molar-refractivity contribution in [1.82, 2.24) is 9.62 Å². The summed E-state index contributed by atoms with van der Waals surface area (Å²) in [6.07, 6.45) is 1.43. The fraction of sp³-hybridized carbons (Fsp3) is 0.615. The molecule has 2 rings (SSSR count). The number of sulfonamides is 1. The number of amides is 1. The van der Waals surface area contributed by atoms with E-state index in [1.165, 1.54) is 15.6 Å². The lowest BCUT2D eigenvalue weighted by molar-refractivity contribution is -0.124. The molecule has 1 aliphatic rings. The Hall–Kier alpha value is -0.920. The molecule has 112 valence electrons. The molecule has 2 heterocycles. The predicted octanol–water partition coefficient (Wildman–Crippen LogP) is 1.46. The molecule has 7 heteroatoms. The normalized spacial score (nSPS) is 20.2. The maximum atomic E-state index is 12.5. The van der Waals surface area contributed by atoms with Gasteiger partial charge in [-0.15, -0.1) is 11.3 Å². The van der Waals surface area contributed by atoms with Crippen molar-refractivity contribution < 1.29 is 13.2 Å². The minimum absolute atomic E-state index is 0.0503.